The second-order valence-electron chi connectivity index (χ2n) is 7.76. The van der Waals surface area contributed by atoms with Crippen molar-refractivity contribution in [2.45, 2.75) is 58.2 Å². The highest BCUT2D eigenvalue weighted by atomic mass is 16.6. The molecular formula is C22H34O6. The molecule has 1 heterocycles. The first-order valence-electron chi connectivity index (χ1n) is 10.1. The fourth-order valence-electron chi connectivity index (χ4n) is 3.52. The van der Waals surface area contributed by atoms with Crippen molar-refractivity contribution in [1.29, 1.82) is 0 Å². The predicted octanol–water partition coefficient (Wildman–Crippen LogP) is 3.38. The maximum Gasteiger partial charge on any atom is 0.306 e. The molecule has 0 aromatic heterocycles. The van der Waals surface area contributed by atoms with E-state index in [0.717, 1.165) is 24.2 Å². The summed E-state index contributed by atoms with van der Waals surface area (Å²) in [5, 5.41) is 10.5. The topological polar surface area (TPSA) is 74.2 Å². The summed E-state index contributed by atoms with van der Waals surface area (Å²) < 4.78 is 21.6. The van der Waals surface area contributed by atoms with E-state index in [-0.39, 0.29) is 18.0 Å². The lowest BCUT2D eigenvalue weighted by Crippen LogP contribution is -2.30. The average molecular weight is 395 g/mol. The number of rotatable bonds is 12. The van der Waals surface area contributed by atoms with Gasteiger partial charge in [0.15, 0.2) is 11.5 Å². The smallest absolute Gasteiger partial charge is 0.306 e. The lowest BCUT2D eigenvalue weighted by atomic mass is 9.83. The van der Waals surface area contributed by atoms with Gasteiger partial charge in [-0.3, -0.25) is 4.79 Å². The second-order valence-corrected chi connectivity index (χ2v) is 7.76. The van der Waals surface area contributed by atoms with Gasteiger partial charge in [0, 0.05) is 26.6 Å². The molecule has 2 rings (SSSR count). The second kappa shape index (κ2) is 11.3. The quantitative estimate of drug-likeness (QED) is 0.433. The van der Waals surface area contributed by atoms with Crippen LogP contribution >= 0.6 is 0 Å². The Bertz CT molecular complexity index is 615. The number of aliphatic hydroxyl groups is 1. The molecule has 1 fully saturated rings. The number of hydrogen-bond acceptors (Lipinski definition) is 6. The van der Waals surface area contributed by atoms with E-state index < -0.39 is 6.10 Å². The number of cyclic esters (lactones) is 1. The number of carbonyl (C=O) groups excluding carboxylic acids is 1. The third-order valence-electron chi connectivity index (χ3n) is 5.31. The highest BCUT2D eigenvalue weighted by Gasteiger charge is 2.32. The average Bonchev–Trinajstić information content (AvgIpc) is 3.11. The van der Waals surface area contributed by atoms with Crippen molar-refractivity contribution in [2.75, 3.05) is 27.4 Å². The molecule has 1 aliphatic heterocycles. The zero-order valence-corrected chi connectivity index (χ0v) is 17.5. The first-order chi connectivity index (χ1) is 13.4. The van der Waals surface area contributed by atoms with Gasteiger partial charge in [0.05, 0.1) is 19.8 Å². The fraction of sp³-hybridized carbons (Fsp3) is 0.682. The lowest BCUT2D eigenvalue weighted by Gasteiger charge is -2.26. The molecule has 158 valence electrons. The molecule has 0 aliphatic carbocycles. The molecule has 1 aromatic rings. The van der Waals surface area contributed by atoms with Crippen LogP contribution in [0.3, 0.4) is 0 Å². The standard InChI is InChI=1S/C22H34O6/c1-15(2)17(14-18(23)19-8-9-22(24)28-19)12-16-6-7-20(26-4)21(13-16)27-11-5-10-25-3/h6-7,13,15,17-19,23H,5,8-12,14H2,1-4H3/t17-,18?,19+/m0/s1. The third kappa shape index (κ3) is 6.67. The molecular weight excluding hydrogens is 360 g/mol. The van der Waals surface area contributed by atoms with Crippen LogP contribution in [0.5, 0.6) is 11.5 Å². The predicted molar refractivity (Wildman–Crippen MR) is 107 cm³/mol. The molecule has 1 N–H and O–H groups in total. The molecule has 0 saturated carbocycles. The normalized spacial score (nSPS) is 18.8. The summed E-state index contributed by atoms with van der Waals surface area (Å²) in [6, 6.07) is 5.98. The van der Waals surface area contributed by atoms with Crippen LogP contribution in [0, 0.1) is 11.8 Å². The monoisotopic (exact) mass is 394 g/mol. The molecule has 1 unspecified atom stereocenters. The van der Waals surface area contributed by atoms with E-state index in [4.69, 9.17) is 18.9 Å². The number of aliphatic hydroxyl groups excluding tert-OH is 1. The molecule has 0 amide bonds. The van der Waals surface area contributed by atoms with Crippen molar-refractivity contribution in [3.63, 3.8) is 0 Å². The summed E-state index contributed by atoms with van der Waals surface area (Å²) in [6.07, 6.45) is 2.24. The van der Waals surface area contributed by atoms with E-state index in [9.17, 15) is 9.90 Å². The van der Waals surface area contributed by atoms with Crippen LogP contribution in [0.25, 0.3) is 0 Å². The molecule has 1 aliphatic rings. The van der Waals surface area contributed by atoms with Crippen molar-refractivity contribution in [1.82, 2.24) is 0 Å². The zero-order valence-electron chi connectivity index (χ0n) is 17.5. The molecule has 0 spiro atoms. The Labute approximate surface area is 168 Å². The van der Waals surface area contributed by atoms with Crippen LogP contribution in [0.1, 0.15) is 45.1 Å². The van der Waals surface area contributed by atoms with Crippen LogP contribution in [0.15, 0.2) is 18.2 Å². The van der Waals surface area contributed by atoms with Crippen LogP contribution in [-0.2, 0) is 20.7 Å². The summed E-state index contributed by atoms with van der Waals surface area (Å²) in [4.78, 5) is 11.3. The van der Waals surface area contributed by atoms with Gasteiger partial charge in [0.2, 0.25) is 0 Å². The molecule has 0 bridgehead atoms. The first kappa shape index (κ1) is 22.5. The van der Waals surface area contributed by atoms with Gasteiger partial charge in [-0.05, 0) is 48.8 Å². The van der Waals surface area contributed by atoms with E-state index >= 15 is 0 Å². The fourth-order valence-corrected chi connectivity index (χ4v) is 3.52. The van der Waals surface area contributed by atoms with Gasteiger partial charge in [-0.15, -0.1) is 0 Å². The van der Waals surface area contributed by atoms with E-state index in [0.29, 0.717) is 44.1 Å². The Morgan fingerprint density at radius 1 is 1.21 bits per heavy atom. The highest BCUT2D eigenvalue weighted by molar-refractivity contribution is 5.71. The van der Waals surface area contributed by atoms with Crippen molar-refractivity contribution in [3.8, 4) is 11.5 Å². The summed E-state index contributed by atoms with van der Waals surface area (Å²) in [6.45, 7) is 5.53. The van der Waals surface area contributed by atoms with E-state index in [1.807, 2.05) is 18.2 Å². The van der Waals surface area contributed by atoms with Crippen LogP contribution < -0.4 is 9.47 Å². The van der Waals surface area contributed by atoms with Gasteiger partial charge in [0.25, 0.3) is 0 Å². The van der Waals surface area contributed by atoms with E-state index in [1.54, 1.807) is 14.2 Å². The minimum absolute atomic E-state index is 0.212. The Morgan fingerprint density at radius 2 is 2.00 bits per heavy atom. The maximum atomic E-state index is 11.3. The Hall–Kier alpha value is -1.79. The Morgan fingerprint density at radius 3 is 2.61 bits per heavy atom. The molecule has 0 radical (unpaired) electrons. The molecule has 6 heteroatoms. The van der Waals surface area contributed by atoms with Gasteiger partial charge in [0.1, 0.15) is 6.10 Å². The van der Waals surface area contributed by atoms with Gasteiger partial charge in [-0.1, -0.05) is 19.9 Å². The van der Waals surface area contributed by atoms with Crippen LogP contribution in [-0.4, -0.2) is 50.7 Å². The molecule has 1 saturated heterocycles. The number of methoxy groups -OCH3 is 2. The van der Waals surface area contributed by atoms with Crippen molar-refractivity contribution < 1.29 is 28.8 Å². The van der Waals surface area contributed by atoms with Crippen LogP contribution in [0.4, 0.5) is 0 Å². The number of ether oxygens (including phenoxy) is 4. The zero-order chi connectivity index (χ0) is 20.5. The van der Waals surface area contributed by atoms with Gasteiger partial charge >= 0.3 is 5.97 Å². The maximum absolute atomic E-state index is 11.3. The largest absolute Gasteiger partial charge is 0.493 e. The number of esters is 1. The van der Waals surface area contributed by atoms with Gasteiger partial charge in [-0.25, -0.2) is 0 Å². The molecule has 1 aromatic carbocycles. The lowest BCUT2D eigenvalue weighted by molar-refractivity contribution is -0.145. The molecule has 3 atom stereocenters. The molecule has 6 nitrogen and oxygen atoms in total. The number of hydrogen-bond donors (Lipinski definition) is 1. The van der Waals surface area contributed by atoms with Gasteiger partial charge in [-0.2, -0.15) is 0 Å². The third-order valence-corrected chi connectivity index (χ3v) is 5.31. The number of benzene rings is 1. The minimum Gasteiger partial charge on any atom is -0.493 e. The van der Waals surface area contributed by atoms with E-state index in [2.05, 4.69) is 13.8 Å². The van der Waals surface area contributed by atoms with Gasteiger partial charge < -0.3 is 24.1 Å². The van der Waals surface area contributed by atoms with E-state index in [1.165, 1.54) is 0 Å². The first-order valence-corrected chi connectivity index (χ1v) is 10.1. The molecule has 28 heavy (non-hydrogen) atoms. The SMILES string of the molecule is COCCCOc1cc(C[C@@H](CC(O)[C@H]2CCC(=O)O2)C(C)C)ccc1OC. The van der Waals surface area contributed by atoms with Crippen LogP contribution in [0.2, 0.25) is 0 Å². The summed E-state index contributed by atoms with van der Waals surface area (Å²) in [7, 11) is 3.31. The summed E-state index contributed by atoms with van der Waals surface area (Å²) in [5.41, 5.74) is 1.14. The van der Waals surface area contributed by atoms with Crippen molar-refractivity contribution in [2.24, 2.45) is 11.8 Å². The van der Waals surface area contributed by atoms with Crippen molar-refractivity contribution >= 4 is 5.97 Å². The summed E-state index contributed by atoms with van der Waals surface area (Å²) >= 11 is 0. The van der Waals surface area contributed by atoms with Crippen molar-refractivity contribution in [3.05, 3.63) is 23.8 Å². The minimum atomic E-state index is -0.623. The summed E-state index contributed by atoms with van der Waals surface area (Å²) in [5.74, 6) is 1.88. The Balaban J connectivity index is 2.01. The Kier molecular flexibility index (Phi) is 9.06. The highest BCUT2D eigenvalue weighted by Crippen LogP contribution is 2.32. The number of carbonyl (C=O) groups is 1.